The molecule has 1 unspecified atom stereocenters. The number of fused-ring (bicyclic) bond motifs is 6. The number of methoxy groups -OCH3 is 1. The number of morpholine rings is 1. The number of halogens is 3. The summed E-state index contributed by atoms with van der Waals surface area (Å²) >= 11 is 0. The van der Waals surface area contributed by atoms with Gasteiger partial charge >= 0.3 is 12.3 Å². The highest BCUT2D eigenvalue weighted by atomic mass is 19.4. The van der Waals surface area contributed by atoms with Crippen LogP contribution in [0.2, 0.25) is 0 Å². The SMILES string of the molecule is COc1cc(NC(=O)CCc2ccc(-c3ccccc3)c(NC(=O)OC3C[C@@H]4[C@H]5O[C@H]5[C@H](C3)[N+]4(C)C)c2)ccc1CNC[C@H](O)c1ccc(O)c2[nH]c(=O)ccc12.O=C([O-])C(F)(F)F. The van der Waals surface area contributed by atoms with E-state index in [4.69, 9.17) is 24.1 Å². The third-order valence-electron chi connectivity index (χ3n) is 12.1. The van der Waals surface area contributed by atoms with Crippen molar-refractivity contribution < 1.29 is 61.6 Å². The lowest BCUT2D eigenvalue weighted by molar-refractivity contribution is -0.938. The predicted octanol–water partition coefficient (Wildman–Crippen LogP) is 4.91. The highest BCUT2D eigenvalue weighted by Crippen LogP contribution is 2.51. The summed E-state index contributed by atoms with van der Waals surface area (Å²) in [4.78, 5) is 49.7. The fourth-order valence-corrected chi connectivity index (χ4v) is 8.76. The summed E-state index contributed by atoms with van der Waals surface area (Å²) in [7, 11) is 6.05. The highest BCUT2D eigenvalue weighted by Gasteiger charge is 2.70. The second-order valence-corrected chi connectivity index (χ2v) is 16.5. The average Bonchev–Trinajstić information content (AvgIpc) is 4.03. The number of aromatic nitrogens is 1. The molecule has 2 amide bonds. The van der Waals surface area contributed by atoms with Crippen LogP contribution in [-0.2, 0) is 32.0 Å². The lowest BCUT2D eigenvalue weighted by atomic mass is 9.96. The van der Waals surface area contributed by atoms with Gasteiger partial charge in [-0.3, -0.25) is 14.9 Å². The monoisotopic (exact) mass is 887 g/mol. The number of epoxide rings is 1. The first kappa shape index (κ1) is 45.6. The Hall–Kier alpha value is -6.47. The molecule has 338 valence electrons. The number of amides is 2. The highest BCUT2D eigenvalue weighted by molar-refractivity contribution is 5.93. The molecule has 3 fully saturated rings. The number of alkyl halides is 3. The number of hydrogen-bond donors (Lipinski definition) is 6. The van der Waals surface area contributed by atoms with E-state index < -0.39 is 24.3 Å². The van der Waals surface area contributed by atoms with Crippen LogP contribution in [0, 0.1) is 0 Å². The van der Waals surface area contributed by atoms with E-state index in [1.165, 1.54) is 12.1 Å². The Morgan fingerprint density at radius 3 is 2.33 bits per heavy atom. The number of quaternary nitrogens is 1. The van der Waals surface area contributed by atoms with Crippen LogP contribution >= 0.6 is 0 Å². The van der Waals surface area contributed by atoms with Crippen LogP contribution in [0.4, 0.5) is 29.3 Å². The number of phenols is 1. The standard InChI is InChI=1S/C44H47N5O8.C2HF3O2/c1-49(2)34-21-29(22-35(49)43-42(34)57-43)56-44(54)47-33-19-25(9-13-30(33)26-7-5-4-6-8-26)10-17-39(52)46-28-12-11-27(38(20-28)55-3)23-45-24-37(51)31-14-16-36(50)41-32(31)15-18-40(53)48-41;3-2(4,5)1(6)7/h4-9,11-16,18-20,29,34-35,37,42-43,45,51H,10,17,21-24H2,1-3H3,(H3-,46,47,48,50,52,53,54);(H,6,7)/t29?,34-,35+,37-,42-,43+;/m0./s1. The van der Waals surface area contributed by atoms with Crippen molar-refractivity contribution in [2.45, 2.75) is 74.9 Å². The molecule has 64 heavy (non-hydrogen) atoms. The summed E-state index contributed by atoms with van der Waals surface area (Å²) < 4.78 is 50.0. The predicted molar refractivity (Wildman–Crippen MR) is 227 cm³/mol. The number of H-pyrrole nitrogens is 1. The van der Waals surface area contributed by atoms with E-state index in [2.05, 4.69) is 35.0 Å². The van der Waals surface area contributed by atoms with Crippen LogP contribution in [0.25, 0.3) is 22.0 Å². The van der Waals surface area contributed by atoms with Gasteiger partial charge in [0.2, 0.25) is 11.5 Å². The zero-order valence-electron chi connectivity index (χ0n) is 35.1. The van der Waals surface area contributed by atoms with Gasteiger partial charge in [0.25, 0.3) is 0 Å². The summed E-state index contributed by atoms with van der Waals surface area (Å²) in [6, 6.07) is 27.8. The van der Waals surface area contributed by atoms with Crippen molar-refractivity contribution in [3.8, 4) is 22.6 Å². The first-order valence-corrected chi connectivity index (χ1v) is 20.6. The number of aromatic amines is 1. The number of carbonyl (C=O) groups excluding carboxylic acids is 3. The van der Waals surface area contributed by atoms with Crippen molar-refractivity contribution >= 4 is 40.2 Å². The number of carbonyl (C=O) groups is 3. The first-order chi connectivity index (χ1) is 30.4. The van der Waals surface area contributed by atoms with Gasteiger partial charge in [0.1, 0.15) is 47.9 Å². The van der Waals surface area contributed by atoms with Crippen LogP contribution in [0.5, 0.6) is 11.5 Å². The maximum atomic E-state index is 13.3. The number of aromatic hydroxyl groups is 1. The summed E-state index contributed by atoms with van der Waals surface area (Å²) in [5.41, 5.74) is 5.23. The molecule has 6 N–H and O–H groups in total. The molecular formula is C46H48F3N5O10. The van der Waals surface area contributed by atoms with E-state index in [0.29, 0.717) is 53.1 Å². The number of nitrogens with zero attached hydrogens (tertiary/aromatic N) is 1. The van der Waals surface area contributed by atoms with Crippen LogP contribution in [0.15, 0.2) is 95.8 Å². The van der Waals surface area contributed by atoms with Crippen molar-refractivity contribution in [1.29, 1.82) is 0 Å². The molecular weight excluding hydrogens is 840 g/mol. The number of rotatable bonds is 13. The molecule has 3 aliphatic rings. The van der Waals surface area contributed by atoms with Crippen LogP contribution in [0.3, 0.4) is 0 Å². The molecule has 3 saturated heterocycles. The van der Waals surface area contributed by atoms with Crippen molar-refractivity contribution in [2.24, 2.45) is 0 Å². The van der Waals surface area contributed by atoms with Crippen molar-refractivity contribution in [2.75, 3.05) is 38.4 Å². The summed E-state index contributed by atoms with van der Waals surface area (Å²) in [6.45, 7) is 0.570. The van der Waals surface area contributed by atoms with E-state index in [-0.39, 0.29) is 54.0 Å². The van der Waals surface area contributed by atoms with Gasteiger partial charge in [-0.2, -0.15) is 13.2 Å². The van der Waals surface area contributed by atoms with Crippen molar-refractivity contribution in [3.63, 3.8) is 0 Å². The fourth-order valence-electron chi connectivity index (χ4n) is 8.76. The topological polar surface area (TPSA) is 215 Å². The number of hydrogen-bond acceptors (Lipinski definition) is 11. The molecule has 5 aromatic rings. The van der Waals surface area contributed by atoms with Crippen LogP contribution in [-0.4, -0.2) is 102 Å². The number of ether oxygens (including phenoxy) is 3. The number of pyridine rings is 1. The number of nitrogens with one attached hydrogen (secondary N) is 4. The molecule has 1 aromatic heterocycles. The van der Waals surface area contributed by atoms with Gasteiger partial charge in [-0.05, 0) is 47.4 Å². The minimum Gasteiger partial charge on any atom is -0.542 e. The second-order valence-electron chi connectivity index (χ2n) is 16.5. The Bertz CT molecular complexity index is 2570. The summed E-state index contributed by atoms with van der Waals surface area (Å²) in [5, 5.41) is 39.7. The zero-order valence-corrected chi connectivity index (χ0v) is 35.1. The van der Waals surface area contributed by atoms with Crippen LogP contribution < -0.4 is 31.4 Å². The lowest BCUT2D eigenvalue weighted by Gasteiger charge is -2.45. The third kappa shape index (κ3) is 10.3. The number of aryl methyl sites for hydroxylation is 1. The van der Waals surface area contributed by atoms with E-state index in [1.807, 2.05) is 54.6 Å². The molecule has 0 saturated carbocycles. The number of carboxylic acid groups (broad SMARTS) is 1. The van der Waals surface area contributed by atoms with Gasteiger partial charge in [0.15, 0.2) is 0 Å². The Balaban J connectivity index is 0.000000809. The normalized spacial score (nSPS) is 20.8. The smallest absolute Gasteiger partial charge is 0.430 e. The summed E-state index contributed by atoms with van der Waals surface area (Å²) in [6.07, 6.45) is -4.01. The number of piperidine rings is 1. The number of benzene rings is 4. The molecule has 6 atom stereocenters. The molecule has 8 rings (SSSR count). The van der Waals surface area contributed by atoms with Gasteiger partial charge in [0, 0.05) is 66.7 Å². The van der Waals surface area contributed by atoms with Gasteiger partial charge in [0.05, 0.1) is 38.5 Å². The molecule has 15 nitrogen and oxygen atoms in total. The largest absolute Gasteiger partial charge is 0.542 e. The minimum absolute atomic E-state index is 0.0705. The second kappa shape index (κ2) is 18.7. The van der Waals surface area contributed by atoms with Crippen LogP contribution in [0.1, 0.15) is 42.1 Å². The first-order valence-electron chi connectivity index (χ1n) is 20.6. The molecule has 4 aromatic carbocycles. The number of likely N-dealkylation sites (N-methyl/N-ethyl adjacent to an activating group) is 1. The third-order valence-corrected chi connectivity index (χ3v) is 12.1. The average molecular weight is 888 g/mol. The molecule has 0 aliphatic carbocycles. The molecule has 0 radical (unpaired) electrons. The Kier molecular flexibility index (Phi) is 13.3. The Morgan fingerprint density at radius 1 is 0.953 bits per heavy atom. The number of anilines is 2. The van der Waals surface area contributed by atoms with Crippen molar-refractivity contribution in [3.05, 3.63) is 118 Å². The van der Waals surface area contributed by atoms with Gasteiger partial charge in [-0.1, -0.05) is 54.6 Å². The molecule has 2 bridgehead atoms. The number of aliphatic carboxylic acids is 1. The maximum Gasteiger partial charge on any atom is 0.430 e. The zero-order chi connectivity index (χ0) is 45.9. The molecule has 0 spiro atoms. The van der Waals surface area contributed by atoms with Crippen molar-refractivity contribution in [1.82, 2.24) is 10.3 Å². The van der Waals surface area contributed by atoms with Gasteiger partial charge < -0.3 is 54.4 Å². The fraction of sp³-hybridized carbons (Fsp3) is 0.348. The maximum absolute atomic E-state index is 13.3. The number of phenolic OH excluding ortho intramolecular Hbond substituents is 1. The quantitative estimate of drug-likeness (QED) is 0.0691. The molecule has 4 heterocycles. The summed E-state index contributed by atoms with van der Waals surface area (Å²) in [5.74, 6) is -2.69. The van der Waals surface area contributed by atoms with E-state index in [9.17, 15) is 37.8 Å². The van der Waals surface area contributed by atoms with E-state index in [1.54, 1.807) is 31.4 Å². The minimum atomic E-state index is -5.19. The number of aliphatic hydroxyl groups excluding tert-OH is 1. The van der Waals surface area contributed by atoms with E-state index in [0.717, 1.165) is 39.6 Å². The van der Waals surface area contributed by atoms with Gasteiger partial charge in [-0.15, -0.1) is 0 Å². The molecule has 3 aliphatic heterocycles. The molecule has 18 heteroatoms. The van der Waals surface area contributed by atoms with Gasteiger partial charge in [-0.25, -0.2) is 4.79 Å². The number of carboxylic acids is 1. The Labute approximate surface area is 365 Å². The van der Waals surface area contributed by atoms with E-state index >= 15 is 0 Å². The number of aliphatic hydroxyl groups is 1. The lowest BCUT2D eigenvalue weighted by Crippen LogP contribution is -2.60. The Morgan fingerprint density at radius 2 is 1.66 bits per heavy atom.